The highest BCUT2D eigenvalue weighted by Gasteiger charge is 2.23. The number of nitrogens with two attached hydrogens (primary N) is 1. The minimum Gasteiger partial charge on any atom is -0.465 e. The van der Waals surface area contributed by atoms with Gasteiger partial charge in [-0.3, -0.25) is 4.72 Å². The highest BCUT2D eigenvalue weighted by Crippen LogP contribution is 2.22. The van der Waals surface area contributed by atoms with Crippen molar-refractivity contribution in [2.24, 2.45) is 0 Å². The summed E-state index contributed by atoms with van der Waals surface area (Å²) in [6.07, 6.45) is 1.45. The minimum absolute atomic E-state index is 0.138. The van der Waals surface area contributed by atoms with E-state index < -0.39 is 16.0 Å². The molecule has 0 amide bonds. The van der Waals surface area contributed by atoms with E-state index in [-0.39, 0.29) is 22.0 Å². The van der Waals surface area contributed by atoms with E-state index in [9.17, 15) is 13.2 Å². The van der Waals surface area contributed by atoms with E-state index in [2.05, 4.69) is 14.4 Å². The summed E-state index contributed by atoms with van der Waals surface area (Å²) in [4.78, 5) is 15.3. The van der Waals surface area contributed by atoms with Gasteiger partial charge in [-0.05, 0) is 30.3 Å². The number of anilines is 2. The van der Waals surface area contributed by atoms with Crippen molar-refractivity contribution < 1.29 is 17.9 Å². The molecule has 0 aliphatic rings. The first kappa shape index (κ1) is 14.8. The predicted molar refractivity (Wildman–Crippen MR) is 77.2 cm³/mol. The molecule has 2 rings (SSSR count). The first-order chi connectivity index (χ1) is 9.94. The third-order valence-corrected chi connectivity index (χ3v) is 4.02. The van der Waals surface area contributed by atoms with Crippen molar-refractivity contribution in [2.75, 3.05) is 17.6 Å². The Morgan fingerprint density at radius 1 is 1.29 bits per heavy atom. The Hall–Kier alpha value is -2.61. The number of pyridine rings is 1. The number of methoxy groups -OCH3 is 1. The maximum Gasteiger partial charge on any atom is 0.339 e. The molecule has 0 spiro atoms. The molecule has 0 bridgehead atoms. The predicted octanol–water partition coefficient (Wildman–Crippen LogP) is 1.25. The van der Waals surface area contributed by atoms with Crippen molar-refractivity contribution >= 4 is 27.5 Å². The smallest absolute Gasteiger partial charge is 0.339 e. The number of hydrogen-bond acceptors (Lipinski definition) is 6. The molecular formula is C13H13N3O4S. The second-order valence-electron chi connectivity index (χ2n) is 4.07. The van der Waals surface area contributed by atoms with Crippen LogP contribution in [0.3, 0.4) is 0 Å². The molecule has 2 aromatic rings. The van der Waals surface area contributed by atoms with Gasteiger partial charge < -0.3 is 10.5 Å². The van der Waals surface area contributed by atoms with Crippen LogP contribution < -0.4 is 10.5 Å². The average molecular weight is 307 g/mol. The van der Waals surface area contributed by atoms with Crippen molar-refractivity contribution in [3.05, 3.63) is 48.2 Å². The third-order valence-electron chi connectivity index (χ3n) is 2.60. The number of carbonyl (C=O) groups is 1. The summed E-state index contributed by atoms with van der Waals surface area (Å²) >= 11 is 0. The van der Waals surface area contributed by atoms with Crippen molar-refractivity contribution in [1.82, 2.24) is 4.98 Å². The first-order valence-electron chi connectivity index (χ1n) is 5.86. The van der Waals surface area contributed by atoms with Gasteiger partial charge in [0.05, 0.1) is 12.7 Å². The lowest BCUT2D eigenvalue weighted by Crippen LogP contribution is -2.18. The molecule has 1 aromatic heterocycles. The van der Waals surface area contributed by atoms with Crippen LogP contribution in [0, 0.1) is 0 Å². The second-order valence-corrected chi connectivity index (χ2v) is 5.72. The third kappa shape index (κ3) is 3.29. The molecule has 0 aliphatic carbocycles. The Kier molecular flexibility index (Phi) is 4.08. The van der Waals surface area contributed by atoms with Crippen LogP contribution >= 0.6 is 0 Å². The first-order valence-corrected chi connectivity index (χ1v) is 7.34. The van der Waals surface area contributed by atoms with Crippen LogP contribution in [0.1, 0.15) is 10.4 Å². The lowest BCUT2D eigenvalue weighted by molar-refractivity contribution is 0.0596. The summed E-state index contributed by atoms with van der Waals surface area (Å²) in [7, 11) is -2.82. The largest absolute Gasteiger partial charge is 0.465 e. The monoisotopic (exact) mass is 307 g/mol. The van der Waals surface area contributed by atoms with Gasteiger partial charge in [0.1, 0.15) is 10.7 Å². The van der Waals surface area contributed by atoms with Crippen molar-refractivity contribution in [3.63, 3.8) is 0 Å². The molecule has 0 saturated carbocycles. The zero-order chi connectivity index (χ0) is 15.5. The average Bonchev–Trinajstić information content (AvgIpc) is 2.46. The van der Waals surface area contributed by atoms with E-state index in [1.807, 2.05) is 0 Å². The van der Waals surface area contributed by atoms with Crippen LogP contribution in [-0.2, 0) is 14.8 Å². The molecular weight excluding hydrogens is 294 g/mol. The van der Waals surface area contributed by atoms with Gasteiger partial charge in [-0.1, -0.05) is 6.07 Å². The molecule has 21 heavy (non-hydrogen) atoms. The highest BCUT2D eigenvalue weighted by atomic mass is 32.2. The Morgan fingerprint density at radius 3 is 2.67 bits per heavy atom. The van der Waals surface area contributed by atoms with Crippen LogP contribution in [0.2, 0.25) is 0 Å². The topological polar surface area (TPSA) is 111 Å². The molecule has 0 saturated heterocycles. The van der Waals surface area contributed by atoms with Crippen LogP contribution in [0.5, 0.6) is 0 Å². The molecule has 110 valence electrons. The quantitative estimate of drug-likeness (QED) is 0.649. The molecule has 0 aliphatic heterocycles. The maximum absolute atomic E-state index is 12.4. The number of sulfonamides is 1. The van der Waals surface area contributed by atoms with Gasteiger partial charge in [-0.2, -0.15) is 0 Å². The number of aromatic nitrogens is 1. The lowest BCUT2D eigenvalue weighted by Gasteiger charge is -2.11. The Bertz CT molecular complexity index is 760. The van der Waals surface area contributed by atoms with Gasteiger partial charge in [0, 0.05) is 11.9 Å². The number of nitrogens with zero attached hydrogens (tertiary/aromatic N) is 1. The molecule has 0 radical (unpaired) electrons. The van der Waals surface area contributed by atoms with Gasteiger partial charge in [0.25, 0.3) is 10.0 Å². The molecule has 0 unspecified atom stereocenters. The summed E-state index contributed by atoms with van der Waals surface area (Å²) in [6, 6.07) is 8.66. The Labute approximate surface area is 121 Å². The number of esters is 1. The number of hydrogen-bond donors (Lipinski definition) is 2. The fourth-order valence-electron chi connectivity index (χ4n) is 1.67. The molecule has 8 heteroatoms. The van der Waals surface area contributed by atoms with Crippen molar-refractivity contribution in [2.45, 2.75) is 4.90 Å². The molecule has 0 atom stereocenters. The fourth-order valence-corrected chi connectivity index (χ4v) is 2.85. The van der Waals surface area contributed by atoms with Gasteiger partial charge in [-0.25, -0.2) is 18.2 Å². The summed E-state index contributed by atoms with van der Waals surface area (Å²) < 4.78 is 31.6. The molecule has 3 N–H and O–H groups in total. The summed E-state index contributed by atoms with van der Waals surface area (Å²) in [6.45, 7) is 0. The highest BCUT2D eigenvalue weighted by molar-refractivity contribution is 7.92. The van der Waals surface area contributed by atoms with E-state index in [0.29, 0.717) is 0 Å². The lowest BCUT2D eigenvalue weighted by atomic mass is 10.2. The van der Waals surface area contributed by atoms with E-state index in [0.717, 1.165) is 7.11 Å². The van der Waals surface area contributed by atoms with Gasteiger partial charge in [0.15, 0.2) is 0 Å². The van der Waals surface area contributed by atoms with E-state index >= 15 is 0 Å². The number of ether oxygens (including phenoxy) is 1. The Morgan fingerprint density at radius 2 is 2.05 bits per heavy atom. The summed E-state index contributed by atoms with van der Waals surface area (Å²) in [5, 5.41) is 0. The fraction of sp³-hybridized carbons (Fsp3) is 0.0769. The molecule has 7 nitrogen and oxygen atoms in total. The van der Waals surface area contributed by atoms with Crippen molar-refractivity contribution in [3.8, 4) is 0 Å². The Balaban J connectivity index is 2.47. The van der Waals surface area contributed by atoms with Gasteiger partial charge in [0.2, 0.25) is 0 Å². The zero-order valence-corrected chi connectivity index (χ0v) is 11.9. The van der Waals surface area contributed by atoms with Crippen LogP contribution in [0.15, 0.2) is 47.5 Å². The minimum atomic E-state index is -3.98. The maximum atomic E-state index is 12.4. The van der Waals surface area contributed by atoms with Crippen LogP contribution in [-0.4, -0.2) is 26.5 Å². The van der Waals surface area contributed by atoms with Crippen LogP contribution in [0.4, 0.5) is 11.5 Å². The SMILES string of the molecule is COC(=O)c1cc(N)ccc1S(=O)(=O)Nc1ccccn1. The van der Waals surface area contributed by atoms with E-state index in [1.54, 1.807) is 12.1 Å². The van der Waals surface area contributed by atoms with Gasteiger partial charge in [-0.15, -0.1) is 0 Å². The number of nitrogen functional groups attached to an aromatic ring is 1. The standard InChI is InChI=1S/C13H13N3O4S/c1-20-13(17)10-8-9(14)5-6-11(10)21(18,19)16-12-4-2-3-7-15-12/h2-8H,14H2,1H3,(H,15,16). The number of benzene rings is 1. The number of nitrogens with one attached hydrogen (secondary N) is 1. The van der Waals surface area contributed by atoms with E-state index in [1.165, 1.54) is 30.5 Å². The van der Waals surface area contributed by atoms with Crippen molar-refractivity contribution in [1.29, 1.82) is 0 Å². The van der Waals surface area contributed by atoms with Gasteiger partial charge >= 0.3 is 5.97 Å². The molecule has 1 aromatic carbocycles. The second kappa shape index (κ2) is 5.80. The normalized spacial score (nSPS) is 10.9. The zero-order valence-electron chi connectivity index (χ0n) is 11.1. The van der Waals surface area contributed by atoms with Crippen LogP contribution in [0.25, 0.3) is 0 Å². The number of rotatable bonds is 4. The molecule has 0 fully saturated rings. The number of carbonyl (C=O) groups excluding carboxylic acids is 1. The summed E-state index contributed by atoms with van der Waals surface area (Å²) in [5.41, 5.74) is 5.70. The summed E-state index contributed by atoms with van der Waals surface area (Å²) in [5.74, 6) is -0.645. The molecule has 1 heterocycles. The van der Waals surface area contributed by atoms with E-state index in [4.69, 9.17) is 5.73 Å².